The molecule has 3 aromatic rings. The van der Waals surface area contributed by atoms with Gasteiger partial charge in [0, 0.05) is 21.7 Å². The summed E-state index contributed by atoms with van der Waals surface area (Å²) >= 11 is 12.7. The van der Waals surface area contributed by atoms with E-state index in [1.165, 1.54) is 18.4 Å². The average Bonchev–Trinajstić information content (AvgIpc) is 3.41. The molecule has 0 spiro atoms. The summed E-state index contributed by atoms with van der Waals surface area (Å²) in [4.78, 5) is 30.5. The monoisotopic (exact) mass is 582 g/mol. The third-order valence-corrected chi connectivity index (χ3v) is 7.96. The second-order valence-electron chi connectivity index (χ2n) is 9.16. The molecule has 5 rings (SSSR count). The van der Waals surface area contributed by atoms with Crippen LogP contribution in [0.25, 0.3) is 10.4 Å². The van der Waals surface area contributed by atoms with Gasteiger partial charge in [-0.1, -0.05) is 23.7 Å². The zero-order chi connectivity index (χ0) is 27.1. The first kappa shape index (κ1) is 26.7. The first-order valence-electron chi connectivity index (χ1n) is 11.6. The van der Waals surface area contributed by atoms with Crippen molar-refractivity contribution in [2.24, 2.45) is 0 Å². The van der Waals surface area contributed by atoms with Gasteiger partial charge in [0.1, 0.15) is 13.2 Å². The van der Waals surface area contributed by atoms with Crippen LogP contribution in [0.4, 0.5) is 14.5 Å². The SMILES string of the molecule is COc1cc(N2Cc3cc(-c4ccc(Cl)cc4)sc3C2=O)ccc1OCC1(OC(=O)CNCl)CC(F)(F)C1. The largest absolute Gasteiger partial charge is 0.493 e. The first-order chi connectivity index (χ1) is 18.1. The quantitative estimate of drug-likeness (QED) is 0.244. The number of esters is 1. The molecule has 2 aliphatic rings. The molecule has 7 nitrogen and oxygen atoms in total. The van der Waals surface area contributed by atoms with Gasteiger partial charge in [0.05, 0.1) is 31.4 Å². The fourth-order valence-corrected chi connectivity index (χ4v) is 6.00. The van der Waals surface area contributed by atoms with Gasteiger partial charge in [-0.05, 0) is 53.2 Å². The first-order valence-corrected chi connectivity index (χ1v) is 13.1. The number of thiophene rings is 1. The summed E-state index contributed by atoms with van der Waals surface area (Å²) in [7, 11) is 1.44. The van der Waals surface area contributed by atoms with Crippen LogP contribution in [0.2, 0.25) is 5.02 Å². The van der Waals surface area contributed by atoms with Gasteiger partial charge in [0.25, 0.3) is 11.8 Å². The lowest BCUT2D eigenvalue weighted by molar-refractivity contribution is -0.233. The molecule has 2 heterocycles. The van der Waals surface area contributed by atoms with E-state index in [0.717, 1.165) is 16.0 Å². The van der Waals surface area contributed by atoms with Gasteiger partial charge in [-0.2, -0.15) is 0 Å². The Balaban J connectivity index is 1.29. The van der Waals surface area contributed by atoms with E-state index in [1.54, 1.807) is 23.1 Å². The molecule has 12 heteroatoms. The van der Waals surface area contributed by atoms with E-state index in [0.29, 0.717) is 27.9 Å². The van der Waals surface area contributed by atoms with Crippen molar-refractivity contribution in [3.05, 3.63) is 64.0 Å². The number of fused-ring (bicyclic) bond motifs is 1. The van der Waals surface area contributed by atoms with Gasteiger partial charge >= 0.3 is 5.97 Å². The molecule has 1 aliphatic carbocycles. The van der Waals surface area contributed by atoms with E-state index in [9.17, 15) is 18.4 Å². The van der Waals surface area contributed by atoms with Crippen molar-refractivity contribution in [2.75, 3.05) is 25.2 Å². The molecular weight excluding hydrogens is 561 g/mol. The number of rotatable bonds is 9. The molecule has 1 N–H and O–H groups in total. The van der Waals surface area contributed by atoms with Crippen LogP contribution >= 0.6 is 34.7 Å². The van der Waals surface area contributed by atoms with E-state index in [1.807, 2.05) is 30.3 Å². The number of methoxy groups -OCH3 is 1. The number of halogens is 4. The summed E-state index contributed by atoms with van der Waals surface area (Å²) in [5.74, 6) is -3.27. The molecule has 1 aromatic heterocycles. The van der Waals surface area contributed by atoms with Crippen molar-refractivity contribution >= 4 is 52.3 Å². The maximum atomic E-state index is 13.7. The summed E-state index contributed by atoms with van der Waals surface area (Å²) in [5, 5.41) is 0.645. The predicted molar refractivity (Wildman–Crippen MR) is 141 cm³/mol. The number of nitrogens with zero attached hydrogens (tertiary/aromatic N) is 1. The fraction of sp³-hybridized carbons (Fsp3) is 0.308. The van der Waals surface area contributed by atoms with E-state index < -0.39 is 30.3 Å². The van der Waals surface area contributed by atoms with Crippen LogP contribution in [0.3, 0.4) is 0 Å². The van der Waals surface area contributed by atoms with Crippen molar-refractivity contribution in [3.63, 3.8) is 0 Å². The number of carbonyl (C=O) groups is 2. The van der Waals surface area contributed by atoms with Crippen molar-refractivity contribution in [1.29, 1.82) is 0 Å². The Bertz CT molecular complexity index is 1370. The van der Waals surface area contributed by atoms with Crippen LogP contribution in [0.15, 0.2) is 48.5 Å². The number of hydrogen-bond acceptors (Lipinski definition) is 7. The van der Waals surface area contributed by atoms with Gasteiger partial charge in [-0.25, -0.2) is 13.6 Å². The molecule has 0 radical (unpaired) electrons. The average molecular weight is 583 g/mol. The minimum absolute atomic E-state index is 0.128. The third-order valence-electron chi connectivity index (χ3n) is 6.36. The molecule has 1 aliphatic heterocycles. The lowest BCUT2D eigenvalue weighted by Gasteiger charge is -2.45. The summed E-state index contributed by atoms with van der Waals surface area (Å²) in [5.41, 5.74) is 1.03. The number of anilines is 1. The second-order valence-corrected chi connectivity index (χ2v) is 10.9. The summed E-state index contributed by atoms with van der Waals surface area (Å²) in [6.07, 6.45) is -1.31. The van der Waals surface area contributed by atoms with E-state index in [2.05, 4.69) is 4.84 Å². The van der Waals surface area contributed by atoms with Crippen LogP contribution in [0.1, 0.15) is 28.1 Å². The maximum Gasteiger partial charge on any atom is 0.321 e. The van der Waals surface area contributed by atoms with Crippen LogP contribution in [0, 0.1) is 0 Å². The summed E-state index contributed by atoms with van der Waals surface area (Å²) in [6.45, 7) is -0.229. The normalized spacial score (nSPS) is 17.1. The van der Waals surface area contributed by atoms with Gasteiger partial charge in [0.2, 0.25) is 0 Å². The Morgan fingerprint density at radius 1 is 1.13 bits per heavy atom. The highest BCUT2D eigenvalue weighted by Crippen LogP contribution is 2.49. The highest BCUT2D eigenvalue weighted by atomic mass is 35.5. The number of alkyl halides is 2. The molecule has 0 saturated heterocycles. The van der Waals surface area contributed by atoms with E-state index in [-0.39, 0.29) is 24.8 Å². The molecule has 2 aromatic carbocycles. The molecule has 0 atom stereocenters. The Morgan fingerprint density at radius 2 is 1.87 bits per heavy atom. The van der Waals surface area contributed by atoms with Crippen LogP contribution < -0.4 is 19.2 Å². The second kappa shape index (κ2) is 10.3. The number of nitrogens with one attached hydrogen (secondary N) is 1. The van der Waals surface area contributed by atoms with Crippen LogP contribution in [-0.2, 0) is 16.1 Å². The number of amides is 1. The Kier molecular flexibility index (Phi) is 7.25. The maximum absolute atomic E-state index is 13.7. The lowest BCUT2D eigenvalue weighted by atomic mass is 9.77. The number of benzene rings is 2. The zero-order valence-electron chi connectivity index (χ0n) is 20.1. The smallest absolute Gasteiger partial charge is 0.321 e. The van der Waals surface area contributed by atoms with Gasteiger partial charge in [-0.3, -0.25) is 9.59 Å². The topological polar surface area (TPSA) is 77.1 Å². The molecule has 1 saturated carbocycles. The molecule has 1 amide bonds. The Hall–Kier alpha value is -2.92. The van der Waals surface area contributed by atoms with E-state index in [4.69, 9.17) is 37.6 Å². The number of ether oxygens (including phenoxy) is 3. The molecule has 0 bridgehead atoms. The van der Waals surface area contributed by atoms with Gasteiger partial charge in [0.15, 0.2) is 17.1 Å². The number of carbonyl (C=O) groups excluding carboxylic acids is 2. The lowest BCUT2D eigenvalue weighted by Crippen LogP contribution is -2.58. The zero-order valence-corrected chi connectivity index (χ0v) is 22.4. The number of hydrogen-bond donors (Lipinski definition) is 1. The predicted octanol–water partition coefficient (Wildman–Crippen LogP) is 6.07. The summed E-state index contributed by atoms with van der Waals surface area (Å²) < 4.78 is 43.8. The Morgan fingerprint density at radius 3 is 2.50 bits per heavy atom. The minimum atomic E-state index is -2.95. The third kappa shape index (κ3) is 5.31. The van der Waals surface area contributed by atoms with Gasteiger partial charge < -0.3 is 19.1 Å². The van der Waals surface area contributed by atoms with Crippen molar-refractivity contribution in [3.8, 4) is 21.9 Å². The molecule has 200 valence electrons. The molecule has 0 unspecified atom stereocenters. The molecule has 1 fully saturated rings. The fourth-order valence-electron chi connectivity index (χ4n) is 4.64. The highest BCUT2D eigenvalue weighted by Gasteiger charge is 2.60. The van der Waals surface area contributed by atoms with Crippen LogP contribution in [-0.4, -0.2) is 43.7 Å². The van der Waals surface area contributed by atoms with Crippen molar-refractivity contribution in [1.82, 2.24) is 4.84 Å². The van der Waals surface area contributed by atoms with E-state index >= 15 is 0 Å². The molecular formula is C26H22Cl2F2N2O5S. The van der Waals surface area contributed by atoms with Crippen LogP contribution in [0.5, 0.6) is 11.5 Å². The van der Waals surface area contributed by atoms with Crippen molar-refractivity contribution < 1.29 is 32.6 Å². The minimum Gasteiger partial charge on any atom is -0.493 e. The molecule has 38 heavy (non-hydrogen) atoms. The standard InChI is InChI=1S/C26H22Cl2F2N2O5S/c1-35-20-9-18(6-7-19(20)36-14-25(12-26(29,30)13-25)37-22(33)10-31-28)32-11-16-8-21(38-23(16)24(32)34)15-2-4-17(27)5-3-15/h2-9,31H,10-14H2,1H3. The summed E-state index contributed by atoms with van der Waals surface area (Å²) in [6, 6.07) is 14.4. The van der Waals surface area contributed by atoms with Gasteiger partial charge in [-0.15, -0.1) is 11.3 Å². The Labute approximate surface area is 231 Å². The highest BCUT2D eigenvalue weighted by molar-refractivity contribution is 7.17. The van der Waals surface area contributed by atoms with Crippen molar-refractivity contribution in [2.45, 2.75) is 30.9 Å².